The monoisotopic (exact) mass is 168 g/mol. The van der Waals surface area contributed by atoms with E-state index in [-0.39, 0.29) is 6.10 Å². The zero-order chi connectivity index (χ0) is 9.35. The number of hydrogen-bond acceptors (Lipinski definition) is 1. The van der Waals surface area contributed by atoms with Crippen molar-refractivity contribution >= 4 is 0 Å². The van der Waals surface area contributed by atoms with Gasteiger partial charge in [0.1, 0.15) is 0 Å². The van der Waals surface area contributed by atoms with E-state index in [1.54, 1.807) is 0 Å². The maximum Gasteiger partial charge on any atom is 0.0724 e. The number of aliphatic hydroxyl groups excluding tert-OH is 1. The second-order valence-corrected chi connectivity index (χ2v) is 4.56. The quantitative estimate of drug-likeness (QED) is 0.597. The summed E-state index contributed by atoms with van der Waals surface area (Å²) in [5.74, 6) is 0. The zero-order valence-electron chi connectivity index (χ0n) is 8.65. The van der Waals surface area contributed by atoms with Gasteiger partial charge >= 0.3 is 0 Å². The first-order chi connectivity index (χ1) is 5.45. The van der Waals surface area contributed by atoms with Crippen LogP contribution >= 0.6 is 0 Å². The van der Waals surface area contributed by atoms with Crippen molar-refractivity contribution in [1.82, 2.24) is 0 Å². The summed E-state index contributed by atoms with van der Waals surface area (Å²) in [5, 5.41) is 9.52. The average molecular weight is 168 g/mol. The minimum Gasteiger partial charge on any atom is -0.389 e. The minimum atomic E-state index is -0.246. The summed E-state index contributed by atoms with van der Waals surface area (Å²) in [7, 11) is 0. The fourth-order valence-corrected chi connectivity index (χ4v) is 2.05. The zero-order valence-corrected chi connectivity index (χ0v) is 8.65. The van der Waals surface area contributed by atoms with Crippen LogP contribution in [0.2, 0.25) is 0 Å². The van der Waals surface area contributed by atoms with Gasteiger partial charge in [0.25, 0.3) is 0 Å². The van der Waals surface area contributed by atoms with Crippen LogP contribution in [0.5, 0.6) is 0 Å². The van der Waals surface area contributed by atoms with E-state index >= 15 is 0 Å². The van der Waals surface area contributed by atoms with E-state index in [1.165, 1.54) is 24.0 Å². The van der Waals surface area contributed by atoms with E-state index < -0.39 is 0 Å². The standard InChI is InChI=1S/C11H20O/c1-8-10(9(2)12)6-5-7-11(8,3)4/h9,12H,5-7H2,1-4H3. The number of aliphatic hydroxyl groups is 1. The van der Waals surface area contributed by atoms with Crippen molar-refractivity contribution in [2.45, 2.75) is 53.1 Å². The smallest absolute Gasteiger partial charge is 0.0724 e. The Morgan fingerprint density at radius 1 is 1.42 bits per heavy atom. The topological polar surface area (TPSA) is 20.2 Å². The lowest BCUT2D eigenvalue weighted by Crippen LogP contribution is -2.23. The molecule has 1 aliphatic carbocycles. The van der Waals surface area contributed by atoms with E-state index in [9.17, 15) is 5.11 Å². The molecule has 0 saturated carbocycles. The van der Waals surface area contributed by atoms with Gasteiger partial charge in [0.15, 0.2) is 0 Å². The van der Waals surface area contributed by atoms with Crippen molar-refractivity contribution in [3.63, 3.8) is 0 Å². The first kappa shape index (κ1) is 9.79. The normalized spacial score (nSPS) is 25.8. The van der Waals surface area contributed by atoms with Crippen molar-refractivity contribution < 1.29 is 5.11 Å². The third-order valence-corrected chi connectivity index (χ3v) is 3.25. The second kappa shape index (κ2) is 3.21. The molecule has 0 aromatic carbocycles. The van der Waals surface area contributed by atoms with Crippen molar-refractivity contribution in [3.05, 3.63) is 11.1 Å². The summed E-state index contributed by atoms with van der Waals surface area (Å²) in [6.07, 6.45) is 3.33. The Kier molecular flexibility index (Phi) is 2.62. The molecule has 0 bridgehead atoms. The minimum absolute atomic E-state index is 0.246. The highest BCUT2D eigenvalue weighted by atomic mass is 16.3. The lowest BCUT2D eigenvalue weighted by Gasteiger charge is -2.34. The Morgan fingerprint density at radius 3 is 2.42 bits per heavy atom. The predicted octanol–water partition coefficient (Wildman–Crippen LogP) is 2.89. The summed E-state index contributed by atoms with van der Waals surface area (Å²) in [6.45, 7) is 8.58. The molecule has 0 aromatic heterocycles. The molecule has 1 heteroatoms. The van der Waals surface area contributed by atoms with Crippen LogP contribution in [0, 0.1) is 5.41 Å². The van der Waals surface area contributed by atoms with E-state index in [1.807, 2.05) is 6.92 Å². The highest BCUT2D eigenvalue weighted by Crippen LogP contribution is 2.40. The fourth-order valence-electron chi connectivity index (χ4n) is 2.05. The maximum atomic E-state index is 9.52. The molecule has 0 radical (unpaired) electrons. The molecule has 0 saturated heterocycles. The molecule has 70 valence electrons. The van der Waals surface area contributed by atoms with Crippen LogP contribution < -0.4 is 0 Å². The van der Waals surface area contributed by atoms with Gasteiger partial charge in [-0.3, -0.25) is 0 Å². The van der Waals surface area contributed by atoms with Gasteiger partial charge in [-0.2, -0.15) is 0 Å². The summed E-state index contributed by atoms with van der Waals surface area (Å²) in [4.78, 5) is 0. The molecule has 0 spiro atoms. The van der Waals surface area contributed by atoms with Gasteiger partial charge in [0.05, 0.1) is 6.10 Å². The van der Waals surface area contributed by atoms with Crippen LogP contribution in [0.3, 0.4) is 0 Å². The molecule has 0 aromatic rings. The van der Waals surface area contributed by atoms with E-state index in [0.29, 0.717) is 5.41 Å². The molecule has 1 unspecified atom stereocenters. The average Bonchev–Trinajstić information content (AvgIpc) is 1.94. The molecule has 12 heavy (non-hydrogen) atoms. The fraction of sp³-hybridized carbons (Fsp3) is 0.818. The van der Waals surface area contributed by atoms with Crippen molar-refractivity contribution in [3.8, 4) is 0 Å². The number of rotatable bonds is 1. The lowest BCUT2D eigenvalue weighted by molar-refractivity contribution is 0.212. The number of allylic oxidation sites excluding steroid dienone is 1. The highest BCUT2D eigenvalue weighted by Gasteiger charge is 2.27. The Balaban J connectivity index is 2.96. The molecule has 1 rings (SSSR count). The van der Waals surface area contributed by atoms with Gasteiger partial charge in [-0.1, -0.05) is 19.4 Å². The van der Waals surface area contributed by atoms with Gasteiger partial charge in [-0.15, -0.1) is 0 Å². The molecule has 1 atom stereocenters. The Hall–Kier alpha value is -0.300. The van der Waals surface area contributed by atoms with E-state index in [0.717, 1.165) is 6.42 Å². The Morgan fingerprint density at radius 2 is 2.00 bits per heavy atom. The van der Waals surface area contributed by atoms with Crippen LogP contribution in [0.25, 0.3) is 0 Å². The van der Waals surface area contributed by atoms with Crippen molar-refractivity contribution in [2.24, 2.45) is 5.41 Å². The number of hydrogen-bond donors (Lipinski definition) is 1. The van der Waals surface area contributed by atoms with Gasteiger partial charge in [-0.25, -0.2) is 0 Å². The van der Waals surface area contributed by atoms with Gasteiger partial charge < -0.3 is 5.11 Å². The van der Waals surface area contributed by atoms with Crippen LogP contribution in [0.1, 0.15) is 47.0 Å². The van der Waals surface area contributed by atoms with E-state index in [4.69, 9.17) is 0 Å². The summed E-state index contributed by atoms with van der Waals surface area (Å²) >= 11 is 0. The first-order valence-corrected chi connectivity index (χ1v) is 4.83. The van der Waals surface area contributed by atoms with Gasteiger partial charge in [0.2, 0.25) is 0 Å². The third kappa shape index (κ3) is 1.71. The van der Waals surface area contributed by atoms with Crippen molar-refractivity contribution in [2.75, 3.05) is 0 Å². The van der Waals surface area contributed by atoms with E-state index in [2.05, 4.69) is 20.8 Å². The molecular formula is C11H20O. The van der Waals surface area contributed by atoms with Crippen LogP contribution in [-0.2, 0) is 0 Å². The Bertz CT molecular complexity index is 199. The third-order valence-electron chi connectivity index (χ3n) is 3.25. The highest BCUT2D eigenvalue weighted by molar-refractivity contribution is 5.24. The second-order valence-electron chi connectivity index (χ2n) is 4.56. The molecule has 1 nitrogen and oxygen atoms in total. The SMILES string of the molecule is CC1=C(C(C)O)CCCC1(C)C. The molecule has 1 aliphatic rings. The predicted molar refractivity (Wildman–Crippen MR) is 52.0 cm³/mol. The maximum absolute atomic E-state index is 9.52. The van der Waals surface area contributed by atoms with Crippen LogP contribution in [0.15, 0.2) is 11.1 Å². The lowest BCUT2D eigenvalue weighted by atomic mass is 9.72. The molecule has 0 fully saturated rings. The molecule has 1 N–H and O–H groups in total. The molecule has 0 heterocycles. The van der Waals surface area contributed by atoms with Crippen molar-refractivity contribution in [1.29, 1.82) is 0 Å². The van der Waals surface area contributed by atoms with Crippen LogP contribution in [0.4, 0.5) is 0 Å². The van der Waals surface area contributed by atoms with Gasteiger partial charge in [-0.05, 0) is 44.1 Å². The summed E-state index contributed by atoms with van der Waals surface area (Å²) < 4.78 is 0. The first-order valence-electron chi connectivity index (χ1n) is 4.83. The van der Waals surface area contributed by atoms with Crippen LogP contribution in [-0.4, -0.2) is 11.2 Å². The molecule has 0 aliphatic heterocycles. The van der Waals surface area contributed by atoms with Gasteiger partial charge in [0, 0.05) is 0 Å². The Labute approximate surface area is 75.5 Å². The summed E-state index contributed by atoms with van der Waals surface area (Å²) in [6, 6.07) is 0. The summed E-state index contributed by atoms with van der Waals surface area (Å²) in [5.41, 5.74) is 2.99. The molecular weight excluding hydrogens is 148 g/mol. The molecule has 0 amide bonds. The largest absolute Gasteiger partial charge is 0.389 e.